The van der Waals surface area contributed by atoms with Crippen LogP contribution in [0.4, 0.5) is 0 Å². The van der Waals surface area contributed by atoms with Gasteiger partial charge in [-0.15, -0.1) is 0 Å². The molecule has 1 heterocycles. The summed E-state index contributed by atoms with van der Waals surface area (Å²) in [6.45, 7) is 1.30. The first-order valence-electron chi connectivity index (χ1n) is 7.73. The van der Waals surface area contributed by atoms with E-state index >= 15 is 0 Å². The lowest BCUT2D eigenvalue weighted by Gasteiger charge is -2.09. The zero-order chi connectivity index (χ0) is 15.9. The summed E-state index contributed by atoms with van der Waals surface area (Å²) >= 11 is 0. The van der Waals surface area contributed by atoms with Gasteiger partial charge >= 0.3 is 0 Å². The van der Waals surface area contributed by atoms with Gasteiger partial charge in [0, 0.05) is 19.0 Å². The highest BCUT2D eigenvalue weighted by Crippen LogP contribution is 2.30. The van der Waals surface area contributed by atoms with E-state index in [1.807, 2.05) is 55.6 Å². The maximum Gasteiger partial charge on any atom is 0.170 e. The first-order valence-corrected chi connectivity index (χ1v) is 7.73. The number of benzene rings is 2. The summed E-state index contributed by atoms with van der Waals surface area (Å²) in [4.78, 5) is 0. The summed E-state index contributed by atoms with van der Waals surface area (Å²) in [6, 6.07) is 20.1. The van der Waals surface area contributed by atoms with E-state index in [0.717, 1.165) is 29.2 Å². The highest BCUT2D eigenvalue weighted by molar-refractivity contribution is 5.65. The minimum atomic E-state index is 0.624. The van der Waals surface area contributed by atoms with Crippen molar-refractivity contribution in [1.29, 1.82) is 0 Å². The van der Waals surface area contributed by atoms with Gasteiger partial charge in [-0.1, -0.05) is 47.6 Å². The van der Waals surface area contributed by atoms with Gasteiger partial charge in [-0.3, -0.25) is 0 Å². The van der Waals surface area contributed by atoms with E-state index < -0.39 is 0 Å². The van der Waals surface area contributed by atoms with Crippen LogP contribution in [0.5, 0.6) is 5.75 Å². The number of hydrogen-bond donors (Lipinski definition) is 1. The van der Waals surface area contributed by atoms with Gasteiger partial charge < -0.3 is 14.6 Å². The molecule has 0 radical (unpaired) electrons. The van der Waals surface area contributed by atoms with E-state index in [0.29, 0.717) is 13.2 Å². The Bertz CT molecular complexity index is 738. The highest BCUT2D eigenvalue weighted by Gasteiger charge is 2.11. The van der Waals surface area contributed by atoms with Crippen molar-refractivity contribution in [3.8, 4) is 17.1 Å². The van der Waals surface area contributed by atoms with Crippen molar-refractivity contribution in [2.45, 2.75) is 13.0 Å². The van der Waals surface area contributed by atoms with Crippen molar-refractivity contribution in [3.63, 3.8) is 0 Å². The average molecular weight is 308 g/mol. The summed E-state index contributed by atoms with van der Waals surface area (Å²) in [5.41, 5.74) is 3.07. The molecule has 4 heteroatoms. The smallest absolute Gasteiger partial charge is 0.170 e. The van der Waals surface area contributed by atoms with Crippen molar-refractivity contribution in [1.82, 2.24) is 10.5 Å². The van der Waals surface area contributed by atoms with Crippen LogP contribution in [0.15, 0.2) is 65.2 Å². The molecule has 0 aliphatic rings. The topological polar surface area (TPSA) is 47.3 Å². The predicted octanol–water partition coefficient (Wildman–Crippen LogP) is 3.68. The molecule has 0 atom stereocenters. The van der Waals surface area contributed by atoms with Crippen LogP contribution in [0.25, 0.3) is 11.3 Å². The Morgan fingerprint density at radius 3 is 2.65 bits per heavy atom. The maximum absolute atomic E-state index is 5.96. The number of aromatic nitrogens is 1. The molecule has 0 saturated carbocycles. The molecular weight excluding hydrogens is 288 g/mol. The minimum Gasteiger partial charge on any atom is -0.492 e. The van der Waals surface area contributed by atoms with Crippen molar-refractivity contribution in [2.75, 3.05) is 13.7 Å². The fourth-order valence-corrected chi connectivity index (χ4v) is 2.42. The second-order valence-corrected chi connectivity index (χ2v) is 5.29. The van der Waals surface area contributed by atoms with Gasteiger partial charge in [0.05, 0.1) is 17.9 Å². The quantitative estimate of drug-likeness (QED) is 0.723. The van der Waals surface area contributed by atoms with Crippen LogP contribution in [-0.4, -0.2) is 18.8 Å². The van der Waals surface area contributed by atoms with E-state index in [1.165, 1.54) is 5.56 Å². The molecule has 0 bridgehead atoms. The summed E-state index contributed by atoms with van der Waals surface area (Å²) in [7, 11) is 1.88. The number of ether oxygens (including phenoxy) is 1. The fraction of sp³-hybridized carbons (Fsp3) is 0.211. The van der Waals surface area contributed by atoms with Gasteiger partial charge in [0.15, 0.2) is 5.76 Å². The molecule has 1 N–H and O–H groups in total. The molecule has 0 amide bonds. The Morgan fingerprint density at radius 1 is 1.04 bits per heavy atom. The van der Waals surface area contributed by atoms with E-state index in [2.05, 4.69) is 22.6 Å². The lowest BCUT2D eigenvalue weighted by atomic mass is 10.1. The first-order chi connectivity index (χ1) is 11.4. The summed E-state index contributed by atoms with van der Waals surface area (Å²) in [5.74, 6) is 1.54. The Hall–Kier alpha value is -2.59. The van der Waals surface area contributed by atoms with Crippen LogP contribution in [0.2, 0.25) is 0 Å². The molecule has 0 aliphatic heterocycles. The maximum atomic E-state index is 5.96. The monoisotopic (exact) mass is 308 g/mol. The van der Waals surface area contributed by atoms with Gasteiger partial charge in [0.1, 0.15) is 5.75 Å². The Balaban J connectivity index is 1.70. The molecule has 2 aromatic carbocycles. The molecule has 0 unspecified atom stereocenters. The molecule has 0 fully saturated rings. The van der Waals surface area contributed by atoms with Crippen LogP contribution in [0, 0.1) is 0 Å². The zero-order valence-electron chi connectivity index (χ0n) is 13.2. The van der Waals surface area contributed by atoms with Crippen LogP contribution < -0.4 is 10.1 Å². The van der Waals surface area contributed by atoms with Crippen LogP contribution in [0.3, 0.4) is 0 Å². The van der Waals surface area contributed by atoms with Gasteiger partial charge in [-0.05, 0) is 24.7 Å². The Morgan fingerprint density at radius 2 is 1.83 bits per heavy atom. The fourth-order valence-electron chi connectivity index (χ4n) is 2.42. The molecule has 1 aromatic heterocycles. The molecular formula is C19H20N2O2. The van der Waals surface area contributed by atoms with Crippen molar-refractivity contribution in [2.24, 2.45) is 0 Å². The summed E-state index contributed by atoms with van der Waals surface area (Å²) < 4.78 is 11.4. The molecule has 3 rings (SSSR count). The standard InChI is InChI=1S/C19H20N2O2/c1-20-14-16-13-19(23-21-16)17-9-5-6-10-18(17)22-12-11-15-7-3-2-4-8-15/h2-10,13,20H,11-12,14H2,1H3. The van der Waals surface area contributed by atoms with E-state index in [9.17, 15) is 0 Å². The normalized spacial score (nSPS) is 10.7. The molecule has 0 aliphatic carbocycles. The third-order valence-electron chi connectivity index (χ3n) is 3.56. The van der Waals surface area contributed by atoms with Crippen LogP contribution >= 0.6 is 0 Å². The molecule has 0 saturated heterocycles. The van der Waals surface area contributed by atoms with Gasteiger partial charge in [-0.2, -0.15) is 0 Å². The molecule has 0 spiro atoms. The van der Waals surface area contributed by atoms with Crippen LogP contribution in [-0.2, 0) is 13.0 Å². The number of nitrogens with one attached hydrogen (secondary N) is 1. The average Bonchev–Trinajstić information content (AvgIpc) is 3.05. The van der Waals surface area contributed by atoms with Gasteiger partial charge in [-0.25, -0.2) is 0 Å². The number of nitrogens with zero attached hydrogens (tertiary/aromatic N) is 1. The van der Waals surface area contributed by atoms with Crippen molar-refractivity contribution >= 4 is 0 Å². The van der Waals surface area contributed by atoms with Gasteiger partial charge in [0.25, 0.3) is 0 Å². The van der Waals surface area contributed by atoms with Crippen LogP contribution in [0.1, 0.15) is 11.3 Å². The number of para-hydroxylation sites is 1. The molecule has 118 valence electrons. The van der Waals surface area contributed by atoms with Gasteiger partial charge in [0.2, 0.25) is 0 Å². The molecule has 4 nitrogen and oxygen atoms in total. The van der Waals surface area contributed by atoms with E-state index in [1.54, 1.807) is 0 Å². The number of hydrogen-bond acceptors (Lipinski definition) is 4. The zero-order valence-corrected chi connectivity index (χ0v) is 13.2. The SMILES string of the molecule is CNCc1cc(-c2ccccc2OCCc2ccccc2)on1. The van der Waals surface area contributed by atoms with E-state index in [4.69, 9.17) is 9.26 Å². The van der Waals surface area contributed by atoms with Crippen molar-refractivity contribution < 1.29 is 9.26 Å². The van der Waals surface area contributed by atoms with Crippen molar-refractivity contribution in [3.05, 3.63) is 71.9 Å². The Kier molecular flexibility index (Phi) is 5.06. The number of rotatable bonds is 7. The lowest BCUT2D eigenvalue weighted by Crippen LogP contribution is -2.04. The first kappa shape index (κ1) is 15.3. The second kappa shape index (κ2) is 7.61. The minimum absolute atomic E-state index is 0.624. The molecule has 3 aromatic rings. The Labute approximate surface area is 136 Å². The van der Waals surface area contributed by atoms with E-state index in [-0.39, 0.29) is 0 Å². The summed E-state index contributed by atoms with van der Waals surface area (Å²) in [6.07, 6.45) is 0.872. The second-order valence-electron chi connectivity index (χ2n) is 5.29. The third-order valence-corrected chi connectivity index (χ3v) is 3.56. The predicted molar refractivity (Wildman–Crippen MR) is 90.3 cm³/mol. The lowest BCUT2D eigenvalue weighted by molar-refractivity contribution is 0.321. The largest absolute Gasteiger partial charge is 0.492 e. The highest BCUT2D eigenvalue weighted by atomic mass is 16.5. The summed E-state index contributed by atoms with van der Waals surface area (Å²) in [5, 5.41) is 7.12. The molecule has 23 heavy (non-hydrogen) atoms. The third kappa shape index (κ3) is 3.99.